The summed E-state index contributed by atoms with van der Waals surface area (Å²) in [5.74, 6) is 0.933. The van der Waals surface area contributed by atoms with E-state index in [4.69, 9.17) is 4.98 Å². The van der Waals surface area contributed by atoms with Crippen molar-refractivity contribution in [2.45, 2.75) is 0 Å². The van der Waals surface area contributed by atoms with Gasteiger partial charge < -0.3 is 0 Å². The summed E-state index contributed by atoms with van der Waals surface area (Å²) in [5, 5.41) is 12.5. The molecule has 1 heterocycles. The van der Waals surface area contributed by atoms with Gasteiger partial charge in [0.05, 0.1) is 16.7 Å². The molecule has 0 fully saturated rings. The molecule has 0 N–H and O–H groups in total. The fourth-order valence-electron chi connectivity index (χ4n) is 8.64. The van der Waals surface area contributed by atoms with Crippen molar-refractivity contribution in [3.63, 3.8) is 0 Å². The van der Waals surface area contributed by atoms with E-state index in [1.807, 2.05) is 0 Å². The first-order chi connectivity index (χ1) is 26.3. The summed E-state index contributed by atoms with van der Waals surface area (Å²) >= 11 is 0. The number of nitrogens with zero attached hydrogens (tertiary/aromatic N) is 2. The summed E-state index contributed by atoms with van der Waals surface area (Å²) < 4.78 is 2.32. The minimum absolute atomic E-state index is 0.933. The van der Waals surface area contributed by atoms with Crippen molar-refractivity contribution < 1.29 is 0 Å². The fourth-order valence-corrected chi connectivity index (χ4v) is 8.64. The molecule has 0 unspecified atom stereocenters. The molecule has 0 saturated heterocycles. The molecule has 2 heteroatoms. The van der Waals surface area contributed by atoms with Gasteiger partial charge >= 0.3 is 0 Å². The third-order valence-corrected chi connectivity index (χ3v) is 11.0. The van der Waals surface area contributed by atoms with Crippen molar-refractivity contribution in [2.24, 2.45) is 0 Å². The molecule has 11 rings (SSSR count). The first-order valence-electron chi connectivity index (χ1n) is 18.2. The van der Waals surface area contributed by atoms with Crippen LogP contribution >= 0.6 is 0 Å². The van der Waals surface area contributed by atoms with Crippen LogP contribution in [0.5, 0.6) is 0 Å². The third kappa shape index (κ3) is 4.56. The Kier molecular flexibility index (Phi) is 6.59. The normalized spacial score (nSPS) is 11.8. The summed E-state index contributed by atoms with van der Waals surface area (Å²) in [6, 6.07) is 70.4. The van der Waals surface area contributed by atoms with Crippen LogP contribution in [0, 0.1) is 0 Å². The highest BCUT2D eigenvalue weighted by Gasteiger charge is 2.20. The van der Waals surface area contributed by atoms with E-state index in [0.29, 0.717) is 0 Å². The smallest absolute Gasteiger partial charge is 0.145 e. The van der Waals surface area contributed by atoms with Crippen LogP contribution in [0.25, 0.3) is 104 Å². The second-order valence-corrected chi connectivity index (χ2v) is 13.9. The van der Waals surface area contributed by atoms with E-state index in [2.05, 4.69) is 199 Å². The second-order valence-electron chi connectivity index (χ2n) is 13.9. The van der Waals surface area contributed by atoms with Crippen LogP contribution in [0.1, 0.15) is 0 Å². The van der Waals surface area contributed by atoms with Crippen molar-refractivity contribution in [2.75, 3.05) is 0 Å². The molecule has 246 valence electrons. The van der Waals surface area contributed by atoms with Crippen molar-refractivity contribution >= 4 is 64.9 Å². The number of rotatable bonds is 4. The molecule has 1 aromatic heterocycles. The van der Waals surface area contributed by atoms with E-state index in [9.17, 15) is 0 Å². The van der Waals surface area contributed by atoms with Crippen LogP contribution in [0.15, 0.2) is 194 Å². The Hall–Kier alpha value is -7.03. The van der Waals surface area contributed by atoms with Crippen molar-refractivity contribution in [3.8, 4) is 39.3 Å². The molecule has 0 spiro atoms. The molecule has 0 aliphatic rings. The lowest BCUT2D eigenvalue weighted by Gasteiger charge is -2.20. The summed E-state index contributed by atoms with van der Waals surface area (Å²) in [6.07, 6.45) is 0. The number of benzene rings is 10. The van der Waals surface area contributed by atoms with Crippen molar-refractivity contribution in [3.05, 3.63) is 194 Å². The lowest BCUT2D eigenvalue weighted by Crippen LogP contribution is -1.98. The average Bonchev–Trinajstić information content (AvgIpc) is 3.62. The van der Waals surface area contributed by atoms with Crippen LogP contribution < -0.4 is 0 Å². The monoisotopic (exact) mass is 672 g/mol. The molecule has 0 radical (unpaired) electrons. The van der Waals surface area contributed by atoms with Crippen LogP contribution in [0.4, 0.5) is 0 Å². The minimum Gasteiger partial charge on any atom is -0.292 e. The number of hydrogen-bond donors (Lipinski definition) is 0. The number of hydrogen-bond acceptors (Lipinski definition) is 1. The molecule has 0 aliphatic heterocycles. The van der Waals surface area contributed by atoms with Gasteiger partial charge in [-0.05, 0) is 95.0 Å². The first-order valence-corrected chi connectivity index (χ1v) is 18.2. The summed E-state index contributed by atoms with van der Waals surface area (Å²) in [7, 11) is 0. The predicted molar refractivity (Wildman–Crippen MR) is 225 cm³/mol. The largest absolute Gasteiger partial charge is 0.292 e. The highest BCUT2D eigenvalue weighted by atomic mass is 15.1. The maximum atomic E-state index is 5.22. The van der Waals surface area contributed by atoms with Crippen LogP contribution in [0.3, 0.4) is 0 Å². The van der Waals surface area contributed by atoms with E-state index >= 15 is 0 Å². The third-order valence-electron chi connectivity index (χ3n) is 11.0. The fraction of sp³-hybridized carbons (Fsp3) is 0. The Labute approximate surface area is 306 Å². The minimum atomic E-state index is 0.933. The lowest BCUT2D eigenvalue weighted by molar-refractivity contribution is 1.11. The molecule has 0 amide bonds. The van der Waals surface area contributed by atoms with Crippen LogP contribution in [-0.2, 0) is 0 Å². The maximum absolute atomic E-state index is 5.22. The molecule has 53 heavy (non-hydrogen) atoms. The summed E-state index contributed by atoms with van der Waals surface area (Å²) in [5.41, 5.74) is 9.26. The SMILES string of the molecule is c1ccc2c(-n3c(-c4ccc(-c5c6ccccc6c(-c6cc7ccccc7c7ccccc67)c6ccccc56)cc4)nc4ccccc43)cccc2c1. The molecule has 2 nitrogen and oxygen atoms in total. The maximum Gasteiger partial charge on any atom is 0.145 e. The molecule has 0 bridgehead atoms. The van der Waals surface area contributed by atoms with Gasteiger partial charge in [0.2, 0.25) is 0 Å². The van der Waals surface area contributed by atoms with Gasteiger partial charge in [0.15, 0.2) is 0 Å². The quantitative estimate of drug-likeness (QED) is 0.134. The molecule has 0 aliphatic carbocycles. The second kappa shape index (κ2) is 11.8. The van der Waals surface area contributed by atoms with Gasteiger partial charge in [-0.3, -0.25) is 4.57 Å². The lowest BCUT2D eigenvalue weighted by atomic mass is 9.84. The van der Waals surface area contributed by atoms with Gasteiger partial charge in [0.1, 0.15) is 5.82 Å². The van der Waals surface area contributed by atoms with Gasteiger partial charge in [-0.2, -0.15) is 0 Å². The van der Waals surface area contributed by atoms with E-state index in [1.165, 1.54) is 76.1 Å². The highest BCUT2D eigenvalue weighted by Crippen LogP contribution is 2.46. The zero-order chi connectivity index (χ0) is 34.9. The highest BCUT2D eigenvalue weighted by molar-refractivity contribution is 6.25. The van der Waals surface area contributed by atoms with Crippen molar-refractivity contribution in [1.29, 1.82) is 0 Å². The van der Waals surface area contributed by atoms with Gasteiger partial charge in [0.25, 0.3) is 0 Å². The Morgan fingerprint density at radius 3 is 1.57 bits per heavy atom. The van der Waals surface area contributed by atoms with Crippen LogP contribution in [-0.4, -0.2) is 9.55 Å². The molecule has 10 aromatic carbocycles. The number of fused-ring (bicyclic) bond motifs is 7. The molecule has 0 atom stereocenters. The standard InChI is InChI=1S/C51H32N2/c1-4-18-38-33(14-1)16-13-27-47(38)53-48-26-12-11-25-46(48)52-51(53)35-30-28-34(29-31-35)49-41-21-7-9-23-43(41)50(44-24-10-8-22-42(44)49)45-32-36-15-2-3-17-37(36)39-19-5-6-20-40(39)45/h1-32H. The molecule has 11 aromatic rings. The average molecular weight is 673 g/mol. The number of aromatic nitrogens is 2. The Balaban J connectivity index is 1.14. The molecular formula is C51H32N2. The van der Waals surface area contributed by atoms with E-state index in [0.717, 1.165) is 28.1 Å². The zero-order valence-electron chi connectivity index (χ0n) is 28.9. The Bertz CT molecular complexity index is 3160. The topological polar surface area (TPSA) is 17.8 Å². The summed E-state index contributed by atoms with van der Waals surface area (Å²) in [6.45, 7) is 0. The van der Waals surface area contributed by atoms with E-state index < -0.39 is 0 Å². The molecule has 0 saturated carbocycles. The number of imidazole rings is 1. The first kappa shape index (κ1) is 29.7. The van der Waals surface area contributed by atoms with Crippen LogP contribution in [0.2, 0.25) is 0 Å². The summed E-state index contributed by atoms with van der Waals surface area (Å²) in [4.78, 5) is 5.22. The number of para-hydroxylation sites is 2. The Morgan fingerprint density at radius 1 is 0.340 bits per heavy atom. The van der Waals surface area contributed by atoms with Gasteiger partial charge in [-0.1, -0.05) is 170 Å². The predicted octanol–water partition coefficient (Wildman–Crippen LogP) is 13.8. The molecular weight excluding hydrogens is 641 g/mol. The van der Waals surface area contributed by atoms with Crippen molar-refractivity contribution in [1.82, 2.24) is 9.55 Å². The zero-order valence-corrected chi connectivity index (χ0v) is 28.9. The van der Waals surface area contributed by atoms with Gasteiger partial charge in [-0.25, -0.2) is 4.98 Å². The van der Waals surface area contributed by atoms with Gasteiger partial charge in [0, 0.05) is 10.9 Å². The Morgan fingerprint density at radius 2 is 0.849 bits per heavy atom. The van der Waals surface area contributed by atoms with Gasteiger partial charge in [-0.15, -0.1) is 0 Å². The van der Waals surface area contributed by atoms with E-state index in [-0.39, 0.29) is 0 Å². The van der Waals surface area contributed by atoms with E-state index in [1.54, 1.807) is 0 Å².